The van der Waals surface area contributed by atoms with E-state index in [0.29, 0.717) is 17.5 Å². The molecule has 0 spiro atoms. The van der Waals surface area contributed by atoms with E-state index in [1.54, 1.807) is 12.1 Å². The second-order valence-corrected chi connectivity index (χ2v) is 6.47. The molecule has 0 saturated heterocycles. The second kappa shape index (κ2) is 5.40. The first-order valence-corrected chi connectivity index (χ1v) is 6.96. The Labute approximate surface area is 110 Å². The maximum absolute atomic E-state index is 13.6. The molecule has 1 fully saturated rings. The van der Waals surface area contributed by atoms with Crippen LogP contribution in [0, 0.1) is 11.2 Å². The number of halogens is 1. The predicted molar refractivity (Wildman–Crippen MR) is 74.1 cm³/mol. The van der Waals surface area contributed by atoms with Gasteiger partial charge in [-0.2, -0.15) is 0 Å². The Morgan fingerprint density at radius 3 is 2.72 bits per heavy atom. The van der Waals surface area contributed by atoms with Crippen molar-refractivity contribution in [2.24, 2.45) is 5.41 Å². The van der Waals surface area contributed by atoms with Crippen molar-refractivity contribution >= 4 is 0 Å². The number of nitrogens with one attached hydrogen (secondary N) is 1. The van der Waals surface area contributed by atoms with Crippen LogP contribution >= 0.6 is 0 Å². The third-order valence-corrected chi connectivity index (χ3v) is 3.97. The van der Waals surface area contributed by atoms with E-state index < -0.39 is 0 Å². The largest absolute Gasteiger partial charge is 0.311 e. The fourth-order valence-electron chi connectivity index (χ4n) is 3.03. The Bertz CT molecular complexity index is 400. The van der Waals surface area contributed by atoms with Gasteiger partial charge in [0.15, 0.2) is 0 Å². The quantitative estimate of drug-likeness (QED) is 0.852. The molecular formula is C16H24FN. The fraction of sp³-hybridized carbons (Fsp3) is 0.625. The van der Waals surface area contributed by atoms with E-state index in [1.165, 1.54) is 19.3 Å². The Morgan fingerprint density at radius 1 is 1.39 bits per heavy atom. The van der Waals surface area contributed by atoms with Crippen molar-refractivity contribution < 1.29 is 4.39 Å². The Hall–Kier alpha value is -0.890. The minimum absolute atomic E-state index is 0.0853. The zero-order valence-electron chi connectivity index (χ0n) is 11.7. The van der Waals surface area contributed by atoms with Crippen LogP contribution in [0.3, 0.4) is 0 Å². The Kier molecular flexibility index (Phi) is 4.06. The van der Waals surface area contributed by atoms with Gasteiger partial charge in [0, 0.05) is 12.1 Å². The van der Waals surface area contributed by atoms with E-state index in [2.05, 4.69) is 26.1 Å². The molecule has 100 valence electrons. The first kappa shape index (κ1) is 13.5. The van der Waals surface area contributed by atoms with Gasteiger partial charge in [-0.25, -0.2) is 4.39 Å². The summed E-state index contributed by atoms with van der Waals surface area (Å²) in [5.74, 6) is -0.0853. The number of hydrogen-bond donors (Lipinski definition) is 1. The molecule has 1 aliphatic carbocycles. The van der Waals surface area contributed by atoms with Gasteiger partial charge in [-0.1, -0.05) is 32.0 Å². The molecule has 1 saturated carbocycles. The predicted octanol–water partition coefficient (Wildman–Crippen LogP) is 3.93. The van der Waals surface area contributed by atoms with Crippen LogP contribution in [-0.4, -0.2) is 12.1 Å². The monoisotopic (exact) mass is 249 g/mol. The summed E-state index contributed by atoms with van der Waals surface area (Å²) >= 11 is 0. The van der Waals surface area contributed by atoms with Crippen LogP contribution in [0.1, 0.15) is 45.6 Å². The minimum Gasteiger partial charge on any atom is -0.311 e. The first-order valence-electron chi connectivity index (χ1n) is 6.96. The molecule has 2 heteroatoms. The average molecular weight is 249 g/mol. The van der Waals surface area contributed by atoms with E-state index in [-0.39, 0.29) is 5.82 Å². The van der Waals surface area contributed by atoms with Crippen molar-refractivity contribution in [2.75, 3.05) is 0 Å². The lowest BCUT2D eigenvalue weighted by Crippen LogP contribution is -2.36. The summed E-state index contributed by atoms with van der Waals surface area (Å²) in [6.07, 6.45) is 4.53. The number of hydrogen-bond acceptors (Lipinski definition) is 1. The molecule has 0 aromatic heterocycles. The molecule has 2 unspecified atom stereocenters. The summed E-state index contributed by atoms with van der Waals surface area (Å²) in [5.41, 5.74) is 1.28. The van der Waals surface area contributed by atoms with Crippen molar-refractivity contribution in [2.45, 2.75) is 58.5 Å². The summed E-state index contributed by atoms with van der Waals surface area (Å²) in [7, 11) is 0. The van der Waals surface area contributed by atoms with Gasteiger partial charge in [0.25, 0.3) is 0 Å². The van der Waals surface area contributed by atoms with Gasteiger partial charge >= 0.3 is 0 Å². The molecule has 0 amide bonds. The highest BCUT2D eigenvalue weighted by molar-refractivity contribution is 5.18. The van der Waals surface area contributed by atoms with E-state index in [0.717, 1.165) is 12.0 Å². The van der Waals surface area contributed by atoms with Crippen LogP contribution in [0.2, 0.25) is 0 Å². The molecule has 1 N–H and O–H groups in total. The van der Waals surface area contributed by atoms with Crippen molar-refractivity contribution in [3.8, 4) is 0 Å². The molecule has 0 bridgehead atoms. The van der Waals surface area contributed by atoms with Crippen LogP contribution in [0.15, 0.2) is 24.3 Å². The lowest BCUT2D eigenvalue weighted by Gasteiger charge is -2.22. The van der Waals surface area contributed by atoms with Crippen LogP contribution in [0.5, 0.6) is 0 Å². The highest BCUT2D eigenvalue weighted by Crippen LogP contribution is 2.37. The van der Waals surface area contributed by atoms with Crippen LogP contribution < -0.4 is 5.32 Å². The molecule has 1 aromatic rings. The van der Waals surface area contributed by atoms with Crippen LogP contribution in [0.4, 0.5) is 4.39 Å². The van der Waals surface area contributed by atoms with E-state index in [9.17, 15) is 4.39 Å². The van der Waals surface area contributed by atoms with Gasteiger partial charge in [-0.3, -0.25) is 0 Å². The molecular weight excluding hydrogens is 225 g/mol. The summed E-state index contributed by atoms with van der Waals surface area (Å²) in [6.45, 7) is 6.81. The Balaban J connectivity index is 1.86. The third kappa shape index (κ3) is 3.55. The van der Waals surface area contributed by atoms with E-state index in [4.69, 9.17) is 0 Å². The van der Waals surface area contributed by atoms with Crippen LogP contribution in [-0.2, 0) is 6.42 Å². The standard InChI is InChI=1S/C16H24FN/c1-12(10-13-6-4-5-7-15(13)17)18-14-8-9-16(2,3)11-14/h4-7,12,14,18H,8-11H2,1-3H3. The van der Waals surface area contributed by atoms with E-state index >= 15 is 0 Å². The maximum atomic E-state index is 13.6. The highest BCUT2D eigenvalue weighted by atomic mass is 19.1. The average Bonchev–Trinajstić information content (AvgIpc) is 2.61. The van der Waals surface area contributed by atoms with Crippen molar-refractivity contribution in [1.82, 2.24) is 5.32 Å². The molecule has 0 aliphatic heterocycles. The second-order valence-electron chi connectivity index (χ2n) is 6.47. The SMILES string of the molecule is CC(Cc1ccccc1F)NC1CCC(C)(C)C1. The topological polar surface area (TPSA) is 12.0 Å². The van der Waals surface area contributed by atoms with Gasteiger partial charge in [-0.05, 0) is 49.7 Å². The van der Waals surface area contributed by atoms with Gasteiger partial charge in [-0.15, -0.1) is 0 Å². The number of rotatable bonds is 4. The van der Waals surface area contributed by atoms with Crippen molar-refractivity contribution in [3.05, 3.63) is 35.6 Å². The van der Waals surface area contributed by atoms with Crippen LogP contribution in [0.25, 0.3) is 0 Å². The normalized spacial score (nSPS) is 24.1. The Morgan fingerprint density at radius 2 is 2.11 bits per heavy atom. The molecule has 2 atom stereocenters. The molecule has 0 radical (unpaired) electrons. The molecule has 1 nitrogen and oxygen atoms in total. The van der Waals surface area contributed by atoms with Gasteiger partial charge < -0.3 is 5.32 Å². The summed E-state index contributed by atoms with van der Waals surface area (Å²) in [5, 5.41) is 3.64. The smallest absolute Gasteiger partial charge is 0.126 e. The van der Waals surface area contributed by atoms with Gasteiger partial charge in [0.1, 0.15) is 5.82 Å². The maximum Gasteiger partial charge on any atom is 0.126 e. The lowest BCUT2D eigenvalue weighted by atomic mass is 9.91. The van der Waals surface area contributed by atoms with Gasteiger partial charge in [0.2, 0.25) is 0 Å². The van der Waals surface area contributed by atoms with Crippen molar-refractivity contribution in [1.29, 1.82) is 0 Å². The summed E-state index contributed by atoms with van der Waals surface area (Å²) in [4.78, 5) is 0. The first-order chi connectivity index (χ1) is 8.46. The number of benzene rings is 1. The summed E-state index contributed by atoms with van der Waals surface area (Å²) in [6, 6.07) is 8.01. The minimum atomic E-state index is -0.0853. The lowest BCUT2D eigenvalue weighted by molar-refractivity contribution is 0.354. The highest BCUT2D eigenvalue weighted by Gasteiger charge is 2.31. The zero-order valence-corrected chi connectivity index (χ0v) is 11.7. The van der Waals surface area contributed by atoms with E-state index in [1.807, 2.05) is 12.1 Å². The third-order valence-electron chi connectivity index (χ3n) is 3.97. The zero-order chi connectivity index (χ0) is 13.2. The molecule has 0 heterocycles. The fourth-order valence-corrected chi connectivity index (χ4v) is 3.03. The summed E-state index contributed by atoms with van der Waals surface area (Å²) < 4.78 is 13.6. The van der Waals surface area contributed by atoms with Gasteiger partial charge in [0.05, 0.1) is 0 Å². The molecule has 1 aromatic carbocycles. The molecule has 18 heavy (non-hydrogen) atoms. The molecule has 1 aliphatic rings. The van der Waals surface area contributed by atoms with Crippen molar-refractivity contribution in [3.63, 3.8) is 0 Å². The molecule has 2 rings (SSSR count).